The Labute approximate surface area is 249 Å². The van der Waals surface area contributed by atoms with Crippen molar-refractivity contribution in [1.29, 1.82) is 5.41 Å². The SMILES string of the molecule is N=C(N)c1csc(CNC(=O)[C@@H]2CC3(CN2C(=O)CNC(=O)c2ccc(-c4cc5ccccc5s4)cc2)OCCO3)c1. The molecule has 0 aliphatic carbocycles. The largest absolute Gasteiger partial charge is 0.384 e. The van der Waals surface area contributed by atoms with Crippen LogP contribution in [0.5, 0.6) is 0 Å². The zero-order valence-electron chi connectivity index (χ0n) is 22.6. The molecule has 2 saturated heterocycles. The maximum Gasteiger partial charge on any atom is 0.251 e. The summed E-state index contributed by atoms with van der Waals surface area (Å²) in [5.41, 5.74) is 7.57. The van der Waals surface area contributed by atoms with Crippen LogP contribution in [0.1, 0.15) is 27.2 Å². The van der Waals surface area contributed by atoms with Crippen molar-refractivity contribution in [2.75, 3.05) is 26.3 Å². The highest BCUT2D eigenvalue weighted by Gasteiger charge is 2.52. The maximum atomic E-state index is 13.3. The molecule has 0 unspecified atom stereocenters. The van der Waals surface area contributed by atoms with Crippen molar-refractivity contribution in [2.24, 2.45) is 5.73 Å². The molecule has 4 aromatic rings. The summed E-state index contributed by atoms with van der Waals surface area (Å²) in [5.74, 6) is -2.21. The predicted molar refractivity (Wildman–Crippen MR) is 162 cm³/mol. The third-order valence-electron chi connectivity index (χ3n) is 7.39. The van der Waals surface area contributed by atoms with Gasteiger partial charge in [-0.05, 0) is 41.3 Å². The Morgan fingerprint density at radius 3 is 2.50 bits per heavy atom. The Morgan fingerprint density at radius 2 is 1.79 bits per heavy atom. The highest BCUT2D eigenvalue weighted by Crippen LogP contribution is 2.35. The number of carbonyl (C=O) groups excluding carboxylic acids is 3. The van der Waals surface area contributed by atoms with Crippen LogP contribution < -0.4 is 16.4 Å². The quantitative estimate of drug-likeness (QED) is 0.180. The van der Waals surface area contributed by atoms with Gasteiger partial charge in [0.2, 0.25) is 11.8 Å². The molecule has 6 rings (SSSR count). The predicted octanol–water partition coefficient (Wildman–Crippen LogP) is 3.30. The molecule has 0 bridgehead atoms. The van der Waals surface area contributed by atoms with Crippen molar-refractivity contribution < 1.29 is 23.9 Å². The van der Waals surface area contributed by atoms with Crippen molar-refractivity contribution in [3.05, 3.63) is 82.0 Å². The Kier molecular flexibility index (Phi) is 7.78. The Balaban J connectivity index is 1.08. The summed E-state index contributed by atoms with van der Waals surface area (Å²) in [7, 11) is 0. The number of nitrogen functional groups attached to an aromatic ring is 1. The molecule has 0 saturated carbocycles. The molecule has 10 nitrogen and oxygen atoms in total. The first-order chi connectivity index (χ1) is 20.3. The fourth-order valence-electron chi connectivity index (χ4n) is 5.22. The second-order valence-corrected chi connectivity index (χ2v) is 12.3. The highest BCUT2D eigenvalue weighted by atomic mass is 32.1. The van der Waals surface area contributed by atoms with E-state index in [1.807, 2.05) is 24.3 Å². The Hall–Kier alpha value is -4.10. The first-order valence-corrected chi connectivity index (χ1v) is 15.1. The number of fused-ring (bicyclic) bond motifs is 1. The number of hydrogen-bond donors (Lipinski definition) is 4. The van der Waals surface area contributed by atoms with E-state index >= 15 is 0 Å². The van der Waals surface area contributed by atoms with E-state index in [-0.39, 0.29) is 43.7 Å². The van der Waals surface area contributed by atoms with Gasteiger partial charge >= 0.3 is 0 Å². The molecule has 42 heavy (non-hydrogen) atoms. The number of rotatable bonds is 8. The number of ether oxygens (including phenoxy) is 2. The number of likely N-dealkylation sites (tertiary alicyclic amines) is 1. The van der Waals surface area contributed by atoms with Crippen LogP contribution in [0.2, 0.25) is 0 Å². The van der Waals surface area contributed by atoms with Crippen LogP contribution in [-0.2, 0) is 25.6 Å². The number of nitrogens with one attached hydrogen (secondary N) is 3. The van der Waals surface area contributed by atoms with Crippen LogP contribution in [0, 0.1) is 5.41 Å². The minimum Gasteiger partial charge on any atom is -0.384 e. The van der Waals surface area contributed by atoms with Gasteiger partial charge in [-0.15, -0.1) is 22.7 Å². The zero-order valence-corrected chi connectivity index (χ0v) is 24.2. The van der Waals surface area contributed by atoms with Crippen molar-refractivity contribution in [3.63, 3.8) is 0 Å². The second-order valence-electron chi connectivity index (χ2n) is 10.2. The van der Waals surface area contributed by atoms with E-state index in [0.717, 1.165) is 15.3 Å². The lowest BCUT2D eigenvalue weighted by atomic mass is 10.1. The van der Waals surface area contributed by atoms with Gasteiger partial charge in [0, 0.05) is 37.4 Å². The van der Waals surface area contributed by atoms with E-state index in [1.54, 1.807) is 34.9 Å². The summed E-state index contributed by atoms with van der Waals surface area (Å²) in [6.45, 7) is 0.820. The van der Waals surface area contributed by atoms with Crippen molar-refractivity contribution >= 4 is 56.3 Å². The molecule has 2 aliphatic heterocycles. The first-order valence-electron chi connectivity index (χ1n) is 13.4. The van der Waals surface area contributed by atoms with Crippen LogP contribution in [-0.4, -0.2) is 66.6 Å². The first kappa shape index (κ1) is 28.0. The van der Waals surface area contributed by atoms with E-state index < -0.39 is 17.7 Å². The zero-order chi connectivity index (χ0) is 29.3. The molecule has 216 valence electrons. The summed E-state index contributed by atoms with van der Waals surface area (Å²) in [4.78, 5) is 42.8. The molecule has 2 fully saturated rings. The van der Waals surface area contributed by atoms with Crippen molar-refractivity contribution in [2.45, 2.75) is 24.8 Å². The third kappa shape index (κ3) is 5.79. The normalized spacial score (nSPS) is 17.5. The second kappa shape index (κ2) is 11.6. The maximum absolute atomic E-state index is 13.3. The average molecular weight is 604 g/mol. The van der Waals surface area contributed by atoms with Crippen LogP contribution >= 0.6 is 22.7 Å². The summed E-state index contributed by atoms with van der Waals surface area (Å²) in [6, 6.07) is 18.5. The van der Waals surface area contributed by atoms with Gasteiger partial charge in [0.1, 0.15) is 11.9 Å². The minimum absolute atomic E-state index is 0.0388. The summed E-state index contributed by atoms with van der Waals surface area (Å²) < 4.78 is 12.8. The lowest BCUT2D eigenvalue weighted by Gasteiger charge is -2.24. The molecule has 3 amide bonds. The summed E-state index contributed by atoms with van der Waals surface area (Å²) >= 11 is 3.08. The van der Waals surface area contributed by atoms with E-state index in [2.05, 4.69) is 28.8 Å². The van der Waals surface area contributed by atoms with Gasteiger partial charge in [0.05, 0.1) is 32.8 Å². The number of carbonyl (C=O) groups is 3. The fourth-order valence-corrected chi connectivity index (χ4v) is 7.11. The molecule has 2 aliphatic rings. The monoisotopic (exact) mass is 603 g/mol. The Morgan fingerprint density at radius 1 is 1.02 bits per heavy atom. The number of amidine groups is 1. The molecular weight excluding hydrogens is 574 g/mol. The van der Waals surface area contributed by atoms with Crippen LogP contribution in [0.3, 0.4) is 0 Å². The van der Waals surface area contributed by atoms with Crippen LogP contribution in [0.4, 0.5) is 0 Å². The van der Waals surface area contributed by atoms with Gasteiger partial charge in [-0.2, -0.15) is 0 Å². The summed E-state index contributed by atoms with van der Waals surface area (Å²) in [6.07, 6.45) is 0.195. The van der Waals surface area contributed by atoms with E-state index in [9.17, 15) is 14.4 Å². The molecule has 1 atom stereocenters. The molecule has 12 heteroatoms. The van der Waals surface area contributed by atoms with Gasteiger partial charge in [0.25, 0.3) is 5.91 Å². The molecule has 1 spiro atoms. The van der Waals surface area contributed by atoms with E-state index in [0.29, 0.717) is 24.3 Å². The van der Waals surface area contributed by atoms with Gasteiger partial charge in [0.15, 0.2) is 5.79 Å². The van der Waals surface area contributed by atoms with Gasteiger partial charge < -0.3 is 30.7 Å². The van der Waals surface area contributed by atoms with E-state index in [1.165, 1.54) is 26.3 Å². The van der Waals surface area contributed by atoms with Crippen molar-refractivity contribution in [3.8, 4) is 10.4 Å². The van der Waals surface area contributed by atoms with Crippen LogP contribution in [0.25, 0.3) is 20.5 Å². The fraction of sp³-hybridized carbons (Fsp3) is 0.267. The highest BCUT2D eigenvalue weighted by molar-refractivity contribution is 7.22. The lowest BCUT2D eigenvalue weighted by molar-refractivity contribution is -0.152. The van der Waals surface area contributed by atoms with Gasteiger partial charge in [-0.1, -0.05) is 30.3 Å². The molecule has 5 N–H and O–H groups in total. The van der Waals surface area contributed by atoms with Crippen LogP contribution in [0.15, 0.2) is 66.0 Å². The number of benzene rings is 2. The molecule has 2 aromatic carbocycles. The Bertz CT molecular complexity index is 1620. The average Bonchev–Trinajstić information content (AvgIpc) is 3.81. The van der Waals surface area contributed by atoms with Gasteiger partial charge in [-0.25, -0.2) is 0 Å². The van der Waals surface area contributed by atoms with E-state index in [4.69, 9.17) is 20.6 Å². The number of hydrogen-bond acceptors (Lipinski definition) is 8. The minimum atomic E-state index is -1.03. The number of thiophene rings is 2. The topological polar surface area (TPSA) is 147 Å². The molecule has 2 aromatic heterocycles. The smallest absolute Gasteiger partial charge is 0.251 e. The number of nitrogens with zero attached hydrogens (tertiary/aromatic N) is 1. The lowest BCUT2D eigenvalue weighted by Crippen LogP contribution is -2.49. The molecule has 0 radical (unpaired) electrons. The van der Waals surface area contributed by atoms with Crippen molar-refractivity contribution in [1.82, 2.24) is 15.5 Å². The van der Waals surface area contributed by atoms with Gasteiger partial charge in [-0.3, -0.25) is 19.8 Å². The third-order valence-corrected chi connectivity index (χ3v) is 9.49. The summed E-state index contributed by atoms with van der Waals surface area (Å²) in [5, 5.41) is 16.0. The standard InChI is InChI=1S/C30H29N5O5S2/c31-27(32)21-11-22(41-16-21)14-33-29(38)23-13-30(39-9-10-40-30)17-35(23)26(36)15-34-28(37)19-7-5-18(6-8-19)25-12-20-3-1-2-4-24(20)42-25/h1-8,11-12,16,23H,9-10,13-15,17H2,(H3,31,32)(H,33,38)(H,34,37)/t23-/m0/s1. The number of amides is 3. The molecular formula is C30H29N5O5S2. The molecule has 4 heterocycles. The number of nitrogens with two attached hydrogens (primary N) is 1.